The highest BCUT2D eigenvalue weighted by molar-refractivity contribution is 6.05. The minimum atomic E-state index is -0.746. The van der Waals surface area contributed by atoms with Crippen LogP contribution in [0, 0.1) is 29.5 Å². The summed E-state index contributed by atoms with van der Waals surface area (Å²) in [6, 6.07) is 13.3. The Balaban J connectivity index is 0.948. The molecule has 14 nitrogen and oxygen atoms in total. The zero-order valence-electron chi connectivity index (χ0n) is 34.6. The van der Waals surface area contributed by atoms with Crippen LogP contribution in [0.4, 0.5) is 14.0 Å². The first-order valence-electron chi connectivity index (χ1n) is 21.0. The van der Waals surface area contributed by atoms with Gasteiger partial charge in [0.1, 0.15) is 29.5 Å². The maximum Gasteiger partial charge on any atom is 0.407 e. The molecule has 2 saturated carbocycles. The third kappa shape index (κ3) is 6.81. The largest absolute Gasteiger partial charge is 0.453 e. The minimum absolute atomic E-state index is 0.0468. The number of nitrogens with zero attached hydrogens (tertiary/aromatic N) is 4. The lowest BCUT2D eigenvalue weighted by atomic mass is 9.95. The van der Waals surface area contributed by atoms with Crippen molar-refractivity contribution in [3.8, 4) is 22.4 Å². The molecule has 4 aliphatic rings. The van der Waals surface area contributed by atoms with Gasteiger partial charge in [-0.3, -0.25) is 9.59 Å². The van der Waals surface area contributed by atoms with E-state index in [4.69, 9.17) is 14.5 Å². The van der Waals surface area contributed by atoms with E-state index in [-0.39, 0.29) is 53.7 Å². The Morgan fingerprint density at radius 2 is 1.47 bits per heavy atom. The summed E-state index contributed by atoms with van der Waals surface area (Å²) in [6.45, 7) is 7.59. The molecule has 4 fully saturated rings. The molecule has 2 unspecified atom stereocenters. The summed E-state index contributed by atoms with van der Waals surface area (Å²) in [7, 11) is 2.57. The molecule has 2 aliphatic heterocycles. The normalized spacial score (nSPS) is 23.9. The van der Waals surface area contributed by atoms with Crippen LogP contribution in [-0.2, 0) is 19.1 Å². The van der Waals surface area contributed by atoms with E-state index in [1.807, 2.05) is 73.9 Å². The summed E-state index contributed by atoms with van der Waals surface area (Å²) in [4.78, 5) is 72.5. The first kappa shape index (κ1) is 39.5. The van der Waals surface area contributed by atoms with Gasteiger partial charge in [-0.25, -0.2) is 23.9 Å². The fourth-order valence-electron chi connectivity index (χ4n) is 10.1. The van der Waals surface area contributed by atoms with Crippen LogP contribution in [-0.4, -0.2) is 92.1 Å². The molecule has 0 spiro atoms. The highest BCUT2D eigenvalue weighted by Gasteiger charge is 2.56. The Kier molecular flexibility index (Phi) is 10.0. The Morgan fingerprint density at radius 1 is 0.783 bits per heavy atom. The number of imidazole rings is 2. The summed E-state index contributed by atoms with van der Waals surface area (Å²) < 4.78 is 25.7. The van der Waals surface area contributed by atoms with Crippen LogP contribution in [0.15, 0.2) is 54.7 Å². The second-order valence-electron chi connectivity index (χ2n) is 17.6. The lowest BCUT2D eigenvalue weighted by molar-refractivity contribution is -0.139. The quantitative estimate of drug-likeness (QED) is 0.113. The summed E-state index contributed by atoms with van der Waals surface area (Å²) in [6.07, 6.45) is 4.80. The van der Waals surface area contributed by atoms with E-state index in [2.05, 4.69) is 25.6 Å². The maximum atomic E-state index is 16.0. The number of likely N-dealkylation sites (tertiary alicyclic amines) is 2. The number of fused-ring (bicyclic) bond motifs is 6. The molecule has 2 bridgehead atoms. The molecule has 4 N–H and O–H groups in total. The monoisotopic (exact) mass is 818 g/mol. The first-order chi connectivity index (χ1) is 28.8. The molecular formula is C45H51FN8O6. The van der Waals surface area contributed by atoms with Gasteiger partial charge in [0.2, 0.25) is 11.8 Å². The topological polar surface area (TPSA) is 175 Å². The third-order valence-corrected chi connectivity index (χ3v) is 13.3. The molecular weight excluding hydrogens is 768 g/mol. The third-order valence-electron chi connectivity index (χ3n) is 13.3. The van der Waals surface area contributed by atoms with Crippen LogP contribution in [0.2, 0.25) is 0 Å². The van der Waals surface area contributed by atoms with E-state index in [1.165, 1.54) is 20.3 Å². The molecule has 314 valence electrons. The van der Waals surface area contributed by atoms with Crippen molar-refractivity contribution in [2.45, 2.75) is 96.1 Å². The number of aromatic nitrogens is 4. The number of alkyl carbamates (subject to hydrolysis) is 2. The van der Waals surface area contributed by atoms with E-state index in [9.17, 15) is 19.2 Å². The van der Waals surface area contributed by atoms with Gasteiger partial charge in [0.05, 0.1) is 49.2 Å². The van der Waals surface area contributed by atoms with Gasteiger partial charge in [-0.05, 0) is 96.6 Å². The fourth-order valence-corrected chi connectivity index (χ4v) is 10.1. The van der Waals surface area contributed by atoms with Gasteiger partial charge in [-0.2, -0.15) is 0 Å². The molecule has 3 aromatic carbocycles. The second kappa shape index (κ2) is 15.2. The lowest BCUT2D eigenvalue weighted by Crippen LogP contribution is -2.54. The van der Waals surface area contributed by atoms with Crippen molar-refractivity contribution in [1.29, 1.82) is 0 Å². The first-order valence-corrected chi connectivity index (χ1v) is 21.0. The van der Waals surface area contributed by atoms with Crippen LogP contribution in [0.1, 0.15) is 83.5 Å². The van der Waals surface area contributed by atoms with Crippen molar-refractivity contribution in [2.75, 3.05) is 14.2 Å². The number of ether oxygens (including phenoxy) is 2. The fraction of sp³-hybridized carbons (Fsp3) is 0.467. The van der Waals surface area contributed by atoms with Crippen molar-refractivity contribution in [3.63, 3.8) is 0 Å². The van der Waals surface area contributed by atoms with Crippen molar-refractivity contribution in [2.24, 2.45) is 23.7 Å². The van der Waals surface area contributed by atoms with Gasteiger partial charge in [-0.1, -0.05) is 52.0 Å². The predicted octanol–water partition coefficient (Wildman–Crippen LogP) is 7.39. The van der Waals surface area contributed by atoms with Gasteiger partial charge in [0.15, 0.2) is 0 Å². The zero-order chi connectivity index (χ0) is 42.1. The summed E-state index contributed by atoms with van der Waals surface area (Å²) in [5, 5.41) is 7.33. The molecule has 2 aromatic heterocycles. The number of rotatable bonds is 10. The number of carbonyl (C=O) groups excluding carboxylic acids is 4. The van der Waals surface area contributed by atoms with Crippen molar-refractivity contribution in [1.82, 2.24) is 40.4 Å². The standard InChI is InChI=1S/C45H51FN8O6/c1-21(2)36(51-44(57)59-5)42(55)53-28-11-7-26(16-28)39(53)41-47-20-33(49-41)30-13-9-24(17-31(30)46)23-8-12-29-25(15-23)10-14-32-38(29)50-40(48-32)35-19-27-18-34(27)54(35)43(56)37(22(3)4)52-45(58)60-6/h8-10,12-15,17,20-22,26-28,34-37,39H,7,11,16,18-19H2,1-6H3,(H,47,49)(H,48,50)(H,51,57)(H,52,58)/t26-,27?,28+,34?,35-,36-,37-,39-/m0/s1. The molecule has 9 rings (SSSR count). The Labute approximate surface area is 347 Å². The van der Waals surface area contributed by atoms with Crippen LogP contribution < -0.4 is 10.6 Å². The Hall–Kier alpha value is -5.99. The lowest BCUT2D eigenvalue weighted by Gasteiger charge is -2.37. The number of piperidine rings is 2. The van der Waals surface area contributed by atoms with Gasteiger partial charge >= 0.3 is 12.2 Å². The predicted molar refractivity (Wildman–Crippen MR) is 222 cm³/mol. The molecule has 0 radical (unpaired) electrons. The summed E-state index contributed by atoms with van der Waals surface area (Å²) >= 11 is 0. The molecule has 2 saturated heterocycles. The minimum Gasteiger partial charge on any atom is -0.453 e. The molecule has 4 amide bonds. The number of hydrogen-bond acceptors (Lipinski definition) is 8. The Bertz CT molecular complexity index is 2520. The number of carbonyl (C=O) groups is 4. The van der Waals surface area contributed by atoms with Gasteiger partial charge in [0.25, 0.3) is 0 Å². The highest BCUT2D eigenvalue weighted by atomic mass is 19.1. The highest BCUT2D eigenvalue weighted by Crippen LogP contribution is 2.54. The number of nitrogens with one attached hydrogen (secondary N) is 4. The number of methoxy groups -OCH3 is 2. The van der Waals surface area contributed by atoms with Crippen molar-refractivity contribution in [3.05, 3.63) is 72.2 Å². The maximum absolute atomic E-state index is 16.0. The van der Waals surface area contributed by atoms with Crippen molar-refractivity contribution >= 4 is 45.8 Å². The summed E-state index contributed by atoms with van der Waals surface area (Å²) in [5.74, 6) is 0.960. The van der Waals surface area contributed by atoms with Crippen LogP contribution in [0.25, 0.3) is 44.2 Å². The molecule has 60 heavy (non-hydrogen) atoms. The molecule has 4 heterocycles. The SMILES string of the molecule is COC(=O)N[C@H](C(=O)N1C2CC2C[C@H]1c1nc2c(ccc3cc(-c4ccc(-c5cnc([C@@H]6[C@H]7CC[C@H](C7)N6C(=O)[C@@H](NC(=O)OC)C(C)C)[nH]5)c(F)c4)ccc32)[nH]1)C(C)C. The van der Waals surface area contributed by atoms with Crippen LogP contribution in [0.5, 0.6) is 0 Å². The van der Waals surface area contributed by atoms with Crippen LogP contribution in [0.3, 0.4) is 0 Å². The Morgan fingerprint density at radius 3 is 2.15 bits per heavy atom. The van der Waals surface area contributed by atoms with E-state index >= 15 is 4.39 Å². The van der Waals surface area contributed by atoms with E-state index in [0.717, 1.165) is 65.3 Å². The average molecular weight is 819 g/mol. The number of hydrogen-bond donors (Lipinski definition) is 4. The zero-order valence-corrected chi connectivity index (χ0v) is 34.6. The smallest absolute Gasteiger partial charge is 0.407 e. The number of benzene rings is 3. The summed E-state index contributed by atoms with van der Waals surface area (Å²) in [5.41, 5.74) is 4.10. The van der Waals surface area contributed by atoms with E-state index in [1.54, 1.807) is 12.3 Å². The number of halogens is 1. The molecule has 8 atom stereocenters. The van der Waals surface area contributed by atoms with Gasteiger partial charge < -0.3 is 39.9 Å². The molecule has 15 heteroatoms. The number of aromatic amines is 2. The van der Waals surface area contributed by atoms with E-state index in [0.29, 0.717) is 28.6 Å². The van der Waals surface area contributed by atoms with Crippen molar-refractivity contribution < 1.29 is 33.0 Å². The number of H-pyrrole nitrogens is 2. The average Bonchev–Trinajstić information content (AvgIpc) is 3.85. The van der Waals surface area contributed by atoms with Gasteiger partial charge in [0, 0.05) is 23.0 Å². The second-order valence-corrected chi connectivity index (χ2v) is 17.6. The molecule has 2 aliphatic carbocycles. The number of amides is 4. The van der Waals surface area contributed by atoms with Crippen LogP contribution >= 0.6 is 0 Å². The van der Waals surface area contributed by atoms with Gasteiger partial charge in [-0.15, -0.1) is 0 Å². The molecule has 5 aromatic rings. The van der Waals surface area contributed by atoms with E-state index < -0.39 is 30.1 Å².